The average molecular weight is 613 g/mol. The topological polar surface area (TPSA) is 17.4 Å². The number of rotatable bonds is 4. The minimum absolute atomic E-state index is 0.271. The van der Waals surface area contributed by atoms with E-state index in [4.69, 9.17) is 4.65 Å². The fourth-order valence-corrected chi connectivity index (χ4v) is 7.62. The molecule has 0 spiro atoms. The highest BCUT2D eigenvalue weighted by atomic mass is 16.4. The number of para-hydroxylation sites is 2. The Morgan fingerprint density at radius 1 is 0.479 bits per heavy atom. The number of nitrogens with zero attached hydrogens (tertiary/aromatic N) is 2. The van der Waals surface area contributed by atoms with Crippen LogP contribution in [0, 0.1) is 0 Å². The molecular weight excluding hydrogens is 583 g/mol. The molecule has 0 radical (unpaired) electrons. The standard InChI is InChI=1S/C44H29BN2O/c1-4-12-30(13-5-1)32-20-23-36(24-21-32)47-40-25-22-33(31-14-6-2-7-15-31)29-39(40)45-42-38(37-18-10-11-19-41(37)48-45)28-34-26-27-46(43(34)44(42)47)35-16-8-3-9-17-35/h1-29H. The van der Waals surface area contributed by atoms with Crippen molar-refractivity contribution in [2.24, 2.45) is 0 Å². The van der Waals surface area contributed by atoms with Crippen molar-refractivity contribution >= 4 is 45.8 Å². The summed E-state index contributed by atoms with van der Waals surface area (Å²) in [6.07, 6.45) is 2.20. The molecule has 0 N–H and O–H groups in total. The smallest absolute Gasteiger partial charge is 0.431 e. The van der Waals surface area contributed by atoms with Crippen molar-refractivity contribution in [2.75, 3.05) is 4.90 Å². The molecule has 0 atom stereocenters. The van der Waals surface area contributed by atoms with Gasteiger partial charge < -0.3 is 14.1 Å². The van der Waals surface area contributed by atoms with E-state index in [-0.39, 0.29) is 6.92 Å². The maximum Gasteiger partial charge on any atom is 0.431 e. The van der Waals surface area contributed by atoms with Crippen molar-refractivity contribution in [2.45, 2.75) is 0 Å². The highest BCUT2D eigenvalue weighted by molar-refractivity contribution is 6.86. The molecule has 1 aromatic heterocycles. The zero-order chi connectivity index (χ0) is 31.6. The minimum atomic E-state index is -0.271. The third kappa shape index (κ3) is 4.09. The molecule has 7 aromatic carbocycles. The van der Waals surface area contributed by atoms with E-state index in [0.29, 0.717) is 0 Å². The molecule has 2 aliphatic rings. The highest BCUT2D eigenvalue weighted by Gasteiger charge is 2.44. The van der Waals surface area contributed by atoms with Gasteiger partial charge in [-0.15, -0.1) is 0 Å². The van der Waals surface area contributed by atoms with Crippen LogP contribution < -0.4 is 20.5 Å². The Bertz CT molecular complexity index is 2470. The second-order valence-electron chi connectivity index (χ2n) is 12.5. The predicted molar refractivity (Wildman–Crippen MR) is 200 cm³/mol. The summed E-state index contributed by atoms with van der Waals surface area (Å²) in [6.45, 7) is -0.271. The van der Waals surface area contributed by atoms with Crippen molar-refractivity contribution in [3.63, 3.8) is 0 Å². The number of benzene rings is 7. The molecule has 3 nitrogen and oxygen atoms in total. The molecule has 0 bridgehead atoms. The van der Waals surface area contributed by atoms with Crippen LogP contribution in [0.4, 0.5) is 17.1 Å². The first kappa shape index (κ1) is 26.9. The average Bonchev–Trinajstić information content (AvgIpc) is 3.60. The predicted octanol–water partition coefficient (Wildman–Crippen LogP) is 9.91. The van der Waals surface area contributed by atoms with Crippen LogP contribution >= 0.6 is 0 Å². The fraction of sp³-hybridized carbons (Fsp3) is 0. The maximum atomic E-state index is 7.05. The first-order valence-electron chi connectivity index (χ1n) is 16.5. The minimum Gasteiger partial charge on any atom is -0.551 e. The normalized spacial score (nSPS) is 12.7. The van der Waals surface area contributed by atoms with Gasteiger partial charge in [0.15, 0.2) is 0 Å². The van der Waals surface area contributed by atoms with E-state index in [1.54, 1.807) is 0 Å². The largest absolute Gasteiger partial charge is 0.551 e. The number of hydrogen-bond acceptors (Lipinski definition) is 2. The number of fused-ring (bicyclic) bond motifs is 6. The Morgan fingerprint density at radius 3 is 1.85 bits per heavy atom. The Labute approximate surface area is 280 Å². The Hall–Kier alpha value is -6.26. The van der Waals surface area contributed by atoms with Gasteiger partial charge in [-0.3, -0.25) is 0 Å². The summed E-state index contributed by atoms with van der Waals surface area (Å²) >= 11 is 0. The summed E-state index contributed by atoms with van der Waals surface area (Å²) in [6, 6.07) is 60.8. The van der Waals surface area contributed by atoms with Gasteiger partial charge in [0.2, 0.25) is 0 Å². The lowest BCUT2D eigenvalue weighted by molar-refractivity contribution is 0.590. The van der Waals surface area contributed by atoms with Gasteiger partial charge in [-0.25, -0.2) is 0 Å². The zero-order valence-corrected chi connectivity index (χ0v) is 26.1. The van der Waals surface area contributed by atoms with Gasteiger partial charge in [0.05, 0.1) is 11.2 Å². The molecule has 0 saturated carbocycles. The zero-order valence-electron chi connectivity index (χ0n) is 26.1. The molecule has 8 aromatic rings. The van der Waals surface area contributed by atoms with Crippen molar-refractivity contribution < 1.29 is 4.65 Å². The summed E-state index contributed by atoms with van der Waals surface area (Å²) in [5.74, 6) is 0.916. The van der Waals surface area contributed by atoms with Crippen LogP contribution in [0.15, 0.2) is 176 Å². The van der Waals surface area contributed by atoms with Gasteiger partial charge in [-0.2, -0.15) is 0 Å². The Morgan fingerprint density at radius 2 is 1.10 bits per heavy atom. The van der Waals surface area contributed by atoms with Crippen LogP contribution in [0.3, 0.4) is 0 Å². The molecule has 3 heterocycles. The first-order chi connectivity index (χ1) is 23.8. The Balaban J connectivity index is 1.29. The Kier molecular flexibility index (Phi) is 5.97. The van der Waals surface area contributed by atoms with E-state index in [1.165, 1.54) is 38.7 Å². The lowest BCUT2D eigenvalue weighted by atomic mass is 9.49. The maximum absolute atomic E-state index is 7.05. The molecule has 0 fully saturated rings. The molecule has 10 rings (SSSR count). The summed E-state index contributed by atoms with van der Waals surface area (Å²) in [5, 5.41) is 1.19. The molecule has 4 heteroatoms. The molecule has 0 unspecified atom stereocenters. The van der Waals surface area contributed by atoms with E-state index >= 15 is 0 Å². The lowest BCUT2D eigenvalue weighted by Crippen LogP contribution is -2.56. The molecule has 0 saturated heterocycles. The van der Waals surface area contributed by atoms with Crippen molar-refractivity contribution in [3.05, 3.63) is 176 Å². The van der Waals surface area contributed by atoms with Gasteiger partial charge in [0, 0.05) is 39.7 Å². The summed E-state index contributed by atoms with van der Waals surface area (Å²) in [5.41, 5.74) is 15.1. The molecule has 2 aliphatic heterocycles. The third-order valence-corrected chi connectivity index (χ3v) is 9.82. The lowest BCUT2D eigenvalue weighted by Gasteiger charge is -2.40. The van der Waals surface area contributed by atoms with E-state index in [0.717, 1.165) is 45.0 Å². The van der Waals surface area contributed by atoms with E-state index < -0.39 is 0 Å². The number of hydrogen-bond donors (Lipinski definition) is 0. The number of aromatic nitrogens is 1. The quantitative estimate of drug-likeness (QED) is 0.184. The van der Waals surface area contributed by atoms with Crippen LogP contribution in [-0.4, -0.2) is 11.5 Å². The SMILES string of the molecule is c1ccc(-c2ccc(N3c4ccc(-c5ccccc5)cc4B4Oc5ccccc5-c5cc6ccn(-c7ccccc7)c6c3c54)cc2)cc1. The van der Waals surface area contributed by atoms with E-state index in [1.807, 2.05) is 0 Å². The van der Waals surface area contributed by atoms with Crippen molar-refractivity contribution in [3.8, 4) is 44.8 Å². The van der Waals surface area contributed by atoms with Gasteiger partial charge in [-0.05, 0) is 81.8 Å². The van der Waals surface area contributed by atoms with Gasteiger partial charge in [0.25, 0.3) is 0 Å². The number of anilines is 3. The van der Waals surface area contributed by atoms with E-state index in [2.05, 4.69) is 186 Å². The fourth-order valence-electron chi connectivity index (χ4n) is 7.62. The van der Waals surface area contributed by atoms with Crippen LogP contribution in [0.5, 0.6) is 5.75 Å². The molecule has 48 heavy (non-hydrogen) atoms. The van der Waals surface area contributed by atoms with E-state index in [9.17, 15) is 0 Å². The molecular formula is C44H29BN2O. The van der Waals surface area contributed by atoms with Gasteiger partial charge in [-0.1, -0.05) is 121 Å². The molecule has 224 valence electrons. The molecule has 0 aliphatic carbocycles. The summed E-state index contributed by atoms with van der Waals surface area (Å²) < 4.78 is 9.38. The third-order valence-electron chi connectivity index (χ3n) is 9.82. The van der Waals surface area contributed by atoms with Crippen LogP contribution in [0.25, 0.3) is 50.0 Å². The highest BCUT2D eigenvalue weighted by Crippen LogP contribution is 2.47. The van der Waals surface area contributed by atoms with Crippen LogP contribution in [0.1, 0.15) is 0 Å². The first-order valence-corrected chi connectivity index (χ1v) is 16.5. The summed E-state index contributed by atoms with van der Waals surface area (Å²) in [7, 11) is 0. The monoisotopic (exact) mass is 612 g/mol. The van der Waals surface area contributed by atoms with Crippen LogP contribution in [0.2, 0.25) is 0 Å². The van der Waals surface area contributed by atoms with Crippen molar-refractivity contribution in [1.29, 1.82) is 0 Å². The molecule has 0 amide bonds. The summed E-state index contributed by atoms with van der Waals surface area (Å²) in [4.78, 5) is 2.47. The van der Waals surface area contributed by atoms with Gasteiger partial charge in [0.1, 0.15) is 5.75 Å². The second kappa shape index (κ2) is 10.6. The second-order valence-corrected chi connectivity index (χ2v) is 12.5. The van der Waals surface area contributed by atoms with Crippen molar-refractivity contribution in [1.82, 2.24) is 4.57 Å². The van der Waals surface area contributed by atoms with Gasteiger partial charge >= 0.3 is 6.92 Å². The van der Waals surface area contributed by atoms with Crippen LogP contribution in [-0.2, 0) is 0 Å².